The third kappa shape index (κ3) is 2.68. The molecule has 0 unspecified atom stereocenters. The molecule has 0 N–H and O–H groups in total. The molecule has 0 radical (unpaired) electrons. The van der Waals surface area contributed by atoms with Crippen molar-refractivity contribution in [2.45, 2.75) is 43.4 Å². The second kappa shape index (κ2) is 5.43. The SMILES string of the molecule is O=S(=O)(c1cccc(Br)c1)N1CCC2(CCCC2)CC1. The number of benzene rings is 1. The Hall–Kier alpha value is -0.390. The fourth-order valence-electron chi connectivity index (χ4n) is 3.60. The van der Waals surface area contributed by atoms with E-state index in [4.69, 9.17) is 0 Å². The molecule has 1 aromatic carbocycles. The molecule has 1 saturated heterocycles. The molecule has 0 atom stereocenters. The number of hydrogen-bond donors (Lipinski definition) is 0. The van der Waals surface area contributed by atoms with Gasteiger partial charge in [-0.1, -0.05) is 34.8 Å². The molecule has 1 heterocycles. The maximum atomic E-state index is 12.6. The van der Waals surface area contributed by atoms with Gasteiger partial charge in [-0.25, -0.2) is 8.42 Å². The molecule has 1 aliphatic heterocycles. The molecule has 2 aliphatic rings. The highest BCUT2D eigenvalue weighted by atomic mass is 79.9. The van der Waals surface area contributed by atoms with Gasteiger partial charge in [-0.05, 0) is 49.3 Å². The molecular formula is C15H20BrNO2S. The van der Waals surface area contributed by atoms with E-state index in [1.54, 1.807) is 22.5 Å². The van der Waals surface area contributed by atoms with Gasteiger partial charge in [0.25, 0.3) is 0 Å². The second-order valence-corrected chi connectivity index (χ2v) is 8.92. The molecule has 1 saturated carbocycles. The summed E-state index contributed by atoms with van der Waals surface area (Å²) in [4.78, 5) is 0.397. The number of sulfonamides is 1. The average molecular weight is 358 g/mol. The monoisotopic (exact) mass is 357 g/mol. The normalized spacial score (nSPS) is 23.2. The van der Waals surface area contributed by atoms with Crippen molar-refractivity contribution in [2.24, 2.45) is 5.41 Å². The number of piperidine rings is 1. The minimum Gasteiger partial charge on any atom is -0.207 e. The van der Waals surface area contributed by atoms with Gasteiger partial charge in [0.05, 0.1) is 4.90 Å². The van der Waals surface area contributed by atoms with Crippen LogP contribution in [0, 0.1) is 5.41 Å². The summed E-state index contributed by atoms with van der Waals surface area (Å²) < 4.78 is 27.8. The standard InChI is InChI=1S/C15H20BrNO2S/c16-13-4-3-5-14(12-13)20(18,19)17-10-8-15(9-11-17)6-1-2-7-15/h3-5,12H,1-2,6-11H2. The first-order chi connectivity index (χ1) is 9.52. The molecule has 0 amide bonds. The number of halogens is 1. The molecule has 1 aliphatic carbocycles. The summed E-state index contributed by atoms with van der Waals surface area (Å²) in [5.41, 5.74) is 0.448. The lowest BCUT2D eigenvalue weighted by Gasteiger charge is -2.38. The lowest BCUT2D eigenvalue weighted by atomic mass is 9.78. The van der Waals surface area contributed by atoms with Gasteiger partial charge in [-0.2, -0.15) is 4.31 Å². The van der Waals surface area contributed by atoms with Gasteiger partial charge in [0.1, 0.15) is 0 Å². The van der Waals surface area contributed by atoms with E-state index in [1.165, 1.54) is 25.7 Å². The highest BCUT2D eigenvalue weighted by molar-refractivity contribution is 9.10. The van der Waals surface area contributed by atoms with Crippen LogP contribution in [0.2, 0.25) is 0 Å². The van der Waals surface area contributed by atoms with Crippen molar-refractivity contribution < 1.29 is 8.42 Å². The first-order valence-electron chi connectivity index (χ1n) is 7.28. The van der Waals surface area contributed by atoms with Crippen LogP contribution in [0.25, 0.3) is 0 Å². The highest BCUT2D eigenvalue weighted by Gasteiger charge is 2.40. The lowest BCUT2D eigenvalue weighted by molar-refractivity contribution is 0.160. The Bertz CT molecular complexity index is 584. The molecule has 3 nitrogen and oxygen atoms in total. The largest absolute Gasteiger partial charge is 0.243 e. The molecule has 2 fully saturated rings. The third-order valence-corrected chi connectivity index (χ3v) is 7.27. The van der Waals surface area contributed by atoms with Crippen molar-refractivity contribution in [1.29, 1.82) is 0 Å². The first kappa shape index (κ1) is 14.5. The average Bonchev–Trinajstić information content (AvgIpc) is 2.87. The van der Waals surface area contributed by atoms with Gasteiger partial charge in [0.15, 0.2) is 0 Å². The van der Waals surface area contributed by atoms with Crippen LogP contribution < -0.4 is 0 Å². The quantitative estimate of drug-likeness (QED) is 0.807. The van der Waals surface area contributed by atoms with Crippen molar-refractivity contribution in [3.05, 3.63) is 28.7 Å². The van der Waals surface area contributed by atoms with E-state index in [0.717, 1.165) is 17.3 Å². The topological polar surface area (TPSA) is 37.4 Å². The van der Waals surface area contributed by atoms with E-state index in [0.29, 0.717) is 23.4 Å². The summed E-state index contributed by atoms with van der Waals surface area (Å²) >= 11 is 3.34. The third-order valence-electron chi connectivity index (χ3n) is 4.88. The molecule has 1 spiro atoms. The van der Waals surface area contributed by atoms with Crippen LogP contribution in [0.15, 0.2) is 33.6 Å². The van der Waals surface area contributed by atoms with Crippen molar-refractivity contribution in [1.82, 2.24) is 4.31 Å². The van der Waals surface area contributed by atoms with Crippen LogP contribution in [0.3, 0.4) is 0 Å². The predicted molar refractivity (Wildman–Crippen MR) is 83.0 cm³/mol. The van der Waals surface area contributed by atoms with Gasteiger partial charge in [0, 0.05) is 17.6 Å². The zero-order valence-electron chi connectivity index (χ0n) is 11.5. The summed E-state index contributed by atoms with van der Waals surface area (Å²) in [5.74, 6) is 0. The molecule has 0 aromatic heterocycles. The number of hydrogen-bond acceptors (Lipinski definition) is 2. The predicted octanol–water partition coefficient (Wildman–Crippen LogP) is 3.79. The van der Waals surface area contributed by atoms with Crippen LogP contribution in [-0.2, 0) is 10.0 Å². The van der Waals surface area contributed by atoms with Crippen LogP contribution in [0.5, 0.6) is 0 Å². The summed E-state index contributed by atoms with van der Waals surface area (Å²) in [6, 6.07) is 7.00. The van der Waals surface area contributed by atoms with E-state index in [1.807, 2.05) is 6.07 Å². The van der Waals surface area contributed by atoms with E-state index in [2.05, 4.69) is 15.9 Å². The Labute approximate surface area is 129 Å². The Morgan fingerprint density at radius 2 is 1.70 bits per heavy atom. The Morgan fingerprint density at radius 1 is 1.05 bits per heavy atom. The van der Waals surface area contributed by atoms with E-state index in [-0.39, 0.29) is 0 Å². The molecular weight excluding hydrogens is 338 g/mol. The van der Waals surface area contributed by atoms with E-state index >= 15 is 0 Å². The van der Waals surface area contributed by atoms with Crippen molar-refractivity contribution >= 4 is 26.0 Å². The van der Waals surface area contributed by atoms with Crippen molar-refractivity contribution in [3.8, 4) is 0 Å². The Balaban J connectivity index is 1.77. The number of rotatable bonds is 2. The van der Waals surface area contributed by atoms with Gasteiger partial charge < -0.3 is 0 Å². The number of nitrogens with zero attached hydrogens (tertiary/aromatic N) is 1. The van der Waals surface area contributed by atoms with E-state index in [9.17, 15) is 8.42 Å². The maximum Gasteiger partial charge on any atom is 0.243 e. The molecule has 5 heteroatoms. The summed E-state index contributed by atoms with van der Waals surface area (Å²) in [5, 5.41) is 0. The van der Waals surface area contributed by atoms with Gasteiger partial charge in [0.2, 0.25) is 10.0 Å². The van der Waals surface area contributed by atoms with Crippen LogP contribution >= 0.6 is 15.9 Å². The second-order valence-electron chi connectivity index (χ2n) is 6.07. The fraction of sp³-hybridized carbons (Fsp3) is 0.600. The summed E-state index contributed by atoms with van der Waals surface area (Å²) in [6.07, 6.45) is 7.27. The zero-order chi connectivity index (χ0) is 14.2. The molecule has 110 valence electrons. The van der Waals surface area contributed by atoms with Crippen molar-refractivity contribution in [3.63, 3.8) is 0 Å². The maximum absolute atomic E-state index is 12.6. The van der Waals surface area contributed by atoms with Crippen LogP contribution in [0.4, 0.5) is 0 Å². The van der Waals surface area contributed by atoms with Gasteiger partial charge >= 0.3 is 0 Å². The fourth-order valence-corrected chi connectivity index (χ4v) is 5.64. The summed E-state index contributed by atoms with van der Waals surface area (Å²) in [7, 11) is -3.33. The Kier molecular flexibility index (Phi) is 3.95. The molecule has 1 aromatic rings. The van der Waals surface area contributed by atoms with Crippen molar-refractivity contribution in [2.75, 3.05) is 13.1 Å². The van der Waals surface area contributed by atoms with Gasteiger partial charge in [-0.15, -0.1) is 0 Å². The molecule has 0 bridgehead atoms. The van der Waals surface area contributed by atoms with E-state index < -0.39 is 10.0 Å². The van der Waals surface area contributed by atoms with Gasteiger partial charge in [-0.3, -0.25) is 0 Å². The van der Waals surface area contributed by atoms with Crippen LogP contribution in [0.1, 0.15) is 38.5 Å². The molecule has 3 rings (SSSR count). The first-order valence-corrected chi connectivity index (χ1v) is 9.51. The Morgan fingerprint density at radius 3 is 2.30 bits per heavy atom. The highest BCUT2D eigenvalue weighted by Crippen LogP contribution is 2.46. The minimum atomic E-state index is -3.33. The lowest BCUT2D eigenvalue weighted by Crippen LogP contribution is -2.42. The minimum absolute atomic E-state index is 0.397. The molecule has 20 heavy (non-hydrogen) atoms. The smallest absolute Gasteiger partial charge is 0.207 e. The van der Waals surface area contributed by atoms with Crippen LogP contribution in [-0.4, -0.2) is 25.8 Å². The summed E-state index contributed by atoms with van der Waals surface area (Å²) in [6.45, 7) is 1.35. The zero-order valence-corrected chi connectivity index (χ0v) is 13.9.